The Kier molecular flexibility index (Phi) is 5.21. The lowest BCUT2D eigenvalue weighted by molar-refractivity contribution is -0.137. The molecule has 1 aromatic heterocycles. The van der Waals surface area contributed by atoms with E-state index >= 15 is 0 Å². The van der Waals surface area contributed by atoms with E-state index in [1.807, 2.05) is 0 Å². The van der Waals surface area contributed by atoms with Crippen molar-refractivity contribution in [2.45, 2.75) is 38.1 Å². The number of carbonyl (C=O) groups excluding carboxylic acids is 1. The van der Waals surface area contributed by atoms with E-state index in [1.54, 1.807) is 6.92 Å². The van der Waals surface area contributed by atoms with E-state index in [4.69, 9.17) is 0 Å². The van der Waals surface area contributed by atoms with Crippen molar-refractivity contribution in [3.05, 3.63) is 23.9 Å². The van der Waals surface area contributed by atoms with Crippen molar-refractivity contribution >= 4 is 21.6 Å². The van der Waals surface area contributed by atoms with Crippen molar-refractivity contribution in [3.63, 3.8) is 0 Å². The molecule has 0 aromatic carbocycles. The molecule has 9 heteroatoms. The summed E-state index contributed by atoms with van der Waals surface area (Å²) in [6.07, 6.45) is -3.35. The number of anilines is 1. The molecule has 0 aliphatic heterocycles. The summed E-state index contributed by atoms with van der Waals surface area (Å²) in [6, 6.07) is 1.41. The van der Waals surface area contributed by atoms with Crippen LogP contribution in [0.5, 0.6) is 0 Å². The van der Waals surface area contributed by atoms with E-state index in [0.717, 1.165) is 12.3 Å². The van der Waals surface area contributed by atoms with Crippen LogP contribution in [0.15, 0.2) is 18.3 Å². The third-order valence-electron chi connectivity index (χ3n) is 3.13. The van der Waals surface area contributed by atoms with Crippen LogP contribution in [-0.2, 0) is 20.8 Å². The second-order valence-corrected chi connectivity index (χ2v) is 7.87. The lowest BCUT2D eigenvalue weighted by Crippen LogP contribution is -2.45. The van der Waals surface area contributed by atoms with Crippen molar-refractivity contribution in [1.29, 1.82) is 0 Å². The number of sulfone groups is 1. The monoisotopic (exact) mass is 338 g/mol. The second kappa shape index (κ2) is 6.23. The number of carbonyl (C=O) groups is 1. The van der Waals surface area contributed by atoms with Gasteiger partial charge in [-0.15, -0.1) is 0 Å². The second-order valence-electron chi connectivity index (χ2n) is 5.21. The van der Waals surface area contributed by atoms with Gasteiger partial charge >= 0.3 is 6.18 Å². The van der Waals surface area contributed by atoms with Crippen LogP contribution in [-0.4, -0.2) is 29.8 Å². The van der Waals surface area contributed by atoms with Crippen LogP contribution < -0.4 is 5.32 Å². The molecule has 0 atom stereocenters. The normalized spacial score (nSPS) is 13.0. The van der Waals surface area contributed by atoms with E-state index in [-0.39, 0.29) is 11.6 Å². The van der Waals surface area contributed by atoms with Gasteiger partial charge in [-0.05, 0) is 32.4 Å². The van der Waals surface area contributed by atoms with E-state index in [0.29, 0.717) is 12.5 Å². The van der Waals surface area contributed by atoms with E-state index in [2.05, 4.69) is 10.3 Å². The number of nitrogens with zero attached hydrogens (tertiary/aromatic N) is 1. The molecule has 1 aromatic rings. The summed E-state index contributed by atoms with van der Waals surface area (Å²) in [4.78, 5) is 15.7. The van der Waals surface area contributed by atoms with E-state index in [1.165, 1.54) is 13.8 Å². The van der Waals surface area contributed by atoms with Crippen LogP contribution in [0.2, 0.25) is 0 Å². The van der Waals surface area contributed by atoms with Crippen molar-refractivity contribution in [2.24, 2.45) is 0 Å². The van der Waals surface area contributed by atoms with Crippen LogP contribution in [0, 0.1) is 0 Å². The van der Waals surface area contributed by atoms with Crippen molar-refractivity contribution in [1.82, 2.24) is 4.98 Å². The molecule has 0 radical (unpaired) electrons. The number of hydrogen-bond donors (Lipinski definition) is 1. The predicted molar refractivity (Wildman–Crippen MR) is 76.0 cm³/mol. The molecule has 0 saturated heterocycles. The summed E-state index contributed by atoms with van der Waals surface area (Å²) in [7, 11) is -3.73. The molecule has 0 spiro atoms. The lowest BCUT2D eigenvalue weighted by Gasteiger charge is -2.23. The van der Waals surface area contributed by atoms with Gasteiger partial charge in [0, 0.05) is 6.20 Å². The highest BCUT2D eigenvalue weighted by molar-refractivity contribution is 7.93. The van der Waals surface area contributed by atoms with Gasteiger partial charge in [-0.25, -0.2) is 13.4 Å². The summed E-state index contributed by atoms with van der Waals surface area (Å²) < 4.78 is 60.1. The molecule has 0 unspecified atom stereocenters. The molecule has 0 bridgehead atoms. The first-order valence-corrected chi connectivity index (χ1v) is 8.14. The topological polar surface area (TPSA) is 76.1 Å². The third kappa shape index (κ3) is 3.96. The first-order chi connectivity index (χ1) is 9.91. The maximum Gasteiger partial charge on any atom is 0.416 e. The maximum atomic E-state index is 12.6. The largest absolute Gasteiger partial charge is 0.416 e. The molecule has 0 fully saturated rings. The van der Waals surface area contributed by atoms with E-state index < -0.39 is 32.2 Å². The molecule has 124 valence electrons. The van der Waals surface area contributed by atoms with Crippen LogP contribution >= 0.6 is 0 Å². The van der Waals surface area contributed by atoms with Gasteiger partial charge in [-0.1, -0.05) is 6.92 Å². The summed E-state index contributed by atoms with van der Waals surface area (Å²) in [5.41, 5.74) is -0.980. The summed E-state index contributed by atoms with van der Waals surface area (Å²) >= 11 is 0. The van der Waals surface area contributed by atoms with Gasteiger partial charge in [-0.3, -0.25) is 4.79 Å². The SMILES string of the molecule is CCCS(=O)(=O)C(C)(C)C(=O)Nc1cc(C(F)(F)F)ccn1. The standard InChI is InChI=1S/C13H17F3N2O3S/c1-4-7-22(20,21)12(2,3)11(19)18-10-8-9(5-6-17-10)13(14,15)16/h5-6,8H,4,7H2,1-3H3,(H,17,18,19). The fourth-order valence-electron chi connectivity index (χ4n) is 1.61. The maximum absolute atomic E-state index is 12.6. The van der Waals surface area contributed by atoms with E-state index in [9.17, 15) is 26.4 Å². The minimum Gasteiger partial charge on any atom is -0.309 e. The molecule has 1 rings (SSSR count). The van der Waals surface area contributed by atoms with Gasteiger partial charge in [-0.2, -0.15) is 13.2 Å². The number of amides is 1. The zero-order valence-corrected chi connectivity index (χ0v) is 13.2. The molecule has 1 amide bonds. The fraction of sp³-hybridized carbons (Fsp3) is 0.538. The van der Waals surface area contributed by atoms with Crippen molar-refractivity contribution in [2.75, 3.05) is 11.1 Å². The average molecular weight is 338 g/mol. The first-order valence-electron chi connectivity index (χ1n) is 6.49. The highest BCUT2D eigenvalue weighted by atomic mass is 32.2. The van der Waals surface area contributed by atoms with Crippen LogP contribution in [0.3, 0.4) is 0 Å². The Morgan fingerprint density at radius 1 is 1.32 bits per heavy atom. The van der Waals surface area contributed by atoms with Crippen LogP contribution in [0.4, 0.5) is 19.0 Å². The van der Waals surface area contributed by atoms with Gasteiger partial charge in [0.25, 0.3) is 0 Å². The number of rotatable bonds is 5. The average Bonchev–Trinajstić information content (AvgIpc) is 2.37. The Bertz CT molecular complexity index is 655. The van der Waals surface area contributed by atoms with Crippen molar-refractivity contribution < 1.29 is 26.4 Å². The molecule has 0 aliphatic carbocycles. The smallest absolute Gasteiger partial charge is 0.309 e. The highest BCUT2D eigenvalue weighted by Crippen LogP contribution is 2.30. The van der Waals surface area contributed by atoms with Gasteiger partial charge in [0.15, 0.2) is 9.84 Å². The Morgan fingerprint density at radius 3 is 2.41 bits per heavy atom. The Balaban J connectivity index is 3.03. The summed E-state index contributed by atoms with van der Waals surface area (Å²) in [5.74, 6) is -1.46. The number of aromatic nitrogens is 1. The Labute approximate surface area is 126 Å². The minimum atomic E-state index is -4.58. The number of halogens is 3. The summed E-state index contributed by atoms with van der Waals surface area (Å²) in [5, 5.41) is 2.13. The zero-order valence-electron chi connectivity index (χ0n) is 12.4. The molecule has 0 saturated carbocycles. The number of pyridine rings is 1. The molecular formula is C13H17F3N2O3S. The third-order valence-corrected chi connectivity index (χ3v) is 5.81. The first kappa shape index (κ1) is 18.4. The molecule has 5 nitrogen and oxygen atoms in total. The minimum absolute atomic E-state index is 0.191. The highest BCUT2D eigenvalue weighted by Gasteiger charge is 2.41. The molecule has 1 N–H and O–H groups in total. The number of nitrogens with one attached hydrogen (secondary N) is 1. The predicted octanol–water partition coefficient (Wildman–Crippen LogP) is 2.64. The summed E-state index contributed by atoms with van der Waals surface area (Å²) in [6.45, 7) is 4.07. The lowest BCUT2D eigenvalue weighted by atomic mass is 10.2. The number of hydrogen-bond acceptors (Lipinski definition) is 4. The molecule has 0 aliphatic rings. The van der Waals surface area contributed by atoms with Gasteiger partial charge in [0.1, 0.15) is 10.6 Å². The number of alkyl halides is 3. The van der Waals surface area contributed by atoms with Crippen molar-refractivity contribution in [3.8, 4) is 0 Å². The molecule has 1 heterocycles. The Morgan fingerprint density at radius 2 is 1.91 bits per heavy atom. The zero-order chi connectivity index (χ0) is 17.2. The van der Waals surface area contributed by atoms with Crippen LogP contribution in [0.25, 0.3) is 0 Å². The van der Waals surface area contributed by atoms with Gasteiger partial charge in [0.2, 0.25) is 5.91 Å². The van der Waals surface area contributed by atoms with Gasteiger partial charge in [0.05, 0.1) is 11.3 Å². The fourth-order valence-corrected chi connectivity index (χ4v) is 2.99. The van der Waals surface area contributed by atoms with Gasteiger partial charge < -0.3 is 5.32 Å². The Hall–Kier alpha value is -1.64. The molecule has 22 heavy (non-hydrogen) atoms. The quantitative estimate of drug-likeness (QED) is 0.895. The molecular weight excluding hydrogens is 321 g/mol. The van der Waals surface area contributed by atoms with Crippen LogP contribution in [0.1, 0.15) is 32.8 Å².